The second-order valence-corrected chi connectivity index (χ2v) is 19.9. The van der Waals surface area contributed by atoms with E-state index < -0.39 is 0 Å². The van der Waals surface area contributed by atoms with E-state index in [1.165, 1.54) is 111 Å². The first-order valence-electron chi connectivity index (χ1n) is 24.5. The van der Waals surface area contributed by atoms with E-state index in [4.69, 9.17) is 0 Å². The van der Waals surface area contributed by atoms with Gasteiger partial charge in [0.05, 0.1) is 0 Å². The van der Waals surface area contributed by atoms with Crippen LogP contribution in [0.25, 0.3) is 77.2 Å². The van der Waals surface area contributed by atoms with E-state index >= 15 is 0 Å². The Morgan fingerprint density at radius 3 is 1.58 bits per heavy atom. The summed E-state index contributed by atoms with van der Waals surface area (Å²) < 4.78 is 0. The third-order valence-corrected chi connectivity index (χ3v) is 16.1. The average Bonchev–Trinajstić information content (AvgIpc) is 4.02. The first-order valence-corrected chi connectivity index (χ1v) is 24.5. The van der Waals surface area contributed by atoms with E-state index in [-0.39, 0.29) is 10.8 Å². The van der Waals surface area contributed by atoms with Crippen LogP contribution in [0.15, 0.2) is 237 Å². The number of anilines is 3. The van der Waals surface area contributed by atoms with Crippen LogP contribution in [0.2, 0.25) is 0 Å². The Bertz CT molecular complexity index is 3870. The van der Waals surface area contributed by atoms with Gasteiger partial charge in [-0.1, -0.05) is 208 Å². The van der Waals surface area contributed by atoms with E-state index in [1.54, 1.807) is 0 Å². The SMILES string of the molecule is CC1(C)c2ccccc2-c2cccc(-c3ccccc3-c3ccc(N(c4ccc(-c5cc6ccccc6c6ccccc56)cc4)c4ccc5c(c4)C4(CCc6ccccc64)c4ccccc4-5)cc3)c21. The molecule has 1 spiro atoms. The fourth-order valence-electron chi connectivity index (χ4n) is 13.0. The van der Waals surface area contributed by atoms with Gasteiger partial charge in [-0.15, -0.1) is 0 Å². The van der Waals surface area contributed by atoms with Gasteiger partial charge in [0.15, 0.2) is 0 Å². The summed E-state index contributed by atoms with van der Waals surface area (Å²) in [4.78, 5) is 2.47. The Balaban J connectivity index is 0.915. The molecular weight excluding hydrogens is 831 g/mol. The molecule has 0 bridgehead atoms. The lowest BCUT2D eigenvalue weighted by Crippen LogP contribution is -2.24. The smallest absolute Gasteiger partial charge is 0.0470 e. The lowest BCUT2D eigenvalue weighted by molar-refractivity contribution is 0.626. The van der Waals surface area contributed by atoms with Gasteiger partial charge in [-0.25, -0.2) is 0 Å². The number of rotatable bonds is 6. The topological polar surface area (TPSA) is 3.24 Å². The Morgan fingerprint density at radius 2 is 0.841 bits per heavy atom. The molecule has 1 atom stereocenters. The van der Waals surface area contributed by atoms with Crippen LogP contribution in [0.5, 0.6) is 0 Å². The van der Waals surface area contributed by atoms with Gasteiger partial charge < -0.3 is 4.90 Å². The summed E-state index contributed by atoms with van der Waals surface area (Å²) in [5.74, 6) is 0. The second kappa shape index (κ2) is 15.1. The monoisotopic (exact) mass is 879 g/mol. The van der Waals surface area contributed by atoms with E-state index in [0.717, 1.165) is 29.9 Å². The Morgan fingerprint density at radius 1 is 0.333 bits per heavy atom. The van der Waals surface area contributed by atoms with Gasteiger partial charge >= 0.3 is 0 Å². The van der Waals surface area contributed by atoms with Crippen LogP contribution in [-0.4, -0.2) is 0 Å². The minimum atomic E-state index is -0.188. The van der Waals surface area contributed by atoms with Crippen molar-refractivity contribution in [3.05, 3.63) is 270 Å². The highest BCUT2D eigenvalue weighted by Crippen LogP contribution is 2.59. The number of hydrogen-bond acceptors (Lipinski definition) is 1. The third-order valence-electron chi connectivity index (χ3n) is 16.1. The van der Waals surface area contributed by atoms with Crippen molar-refractivity contribution in [1.82, 2.24) is 0 Å². The second-order valence-electron chi connectivity index (χ2n) is 19.9. The van der Waals surface area contributed by atoms with Gasteiger partial charge in [-0.05, 0) is 166 Å². The van der Waals surface area contributed by atoms with Crippen molar-refractivity contribution in [2.75, 3.05) is 4.90 Å². The molecule has 14 rings (SSSR count). The molecule has 0 aliphatic heterocycles. The third kappa shape index (κ3) is 5.84. The van der Waals surface area contributed by atoms with Crippen LogP contribution in [0.1, 0.15) is 53.6 Å². The number of hydrogen-bond donors (Lipinski definition) is 0. The molecule has 1 nitrogen and oxygen atoms in total. The zero-order valence-corrected chi connectivity index (χ0v) is 38.9. The van der Waals surface area contributed by atoms with Crippen molar-refractivity contribution in [2.24, 2.45) is 0 Å². The lowest BCUT2D eigenvalue weighted by Gasteiger charge is -2.31. The van der Waals surface area contributed by atoms with Crippen LogP contribution in [0, 0.1) is 0 Å². The average molecular weight is 880 g/mol. The van der Waals surface area contributed by atoms with Crippen LogP contribution in [0.4, 0.5) is 17.1 Å². The van der Waals surface area contributed by atoms with Crippen molar-refractivity contribution in [3.63, 3.8) is 0 Å². The molecule has 0 fully saturated rings. The van der Waals surface area contributed by atoms with Crippen molar-refractivity contribution >= 4 is 38.6 Å². The van der Waals surface area contributed by atoms with Crippen molar-refractivity contribution in [3.8, 4) is 55.6 Å². The molecule has 1 heteroatoms. The van der Waals surface area contributed by atoms with Crippen LogP contribution in [0.3, 0.4) is 0 Å². The maximum atomic E-state index is 2.52. The van der Waals surface area contributed by atoms with E-state index in [0.29, 0.717) is 0 Å². The maximum absolute atomic E-state index is 2.52. The summed E-state index contributed by atoms with van der Waals surface area (Å²) >= 11 is 0. The zero-order valence-electron chi connectivity index (χ0n) is 38.9. The summed E-state index contributed by atoms with van der Waals surface area (Å²) in [5.41, 5.74) is 24.5. The van der Waals surface area contributed by atoms with E-state index in [1.807, 2.05) is 0 Å². The normalized spacial score (nSPS) is 15.7. The molecule has 0 N–H and O–H groups in total. The van der Waals surface area contributed by atoms with Gasteiger partial charge in [0.1, 0.15) is 0 Å². The number of nitrogens with zero attached hydrogens (tertiary/aromatic N) is 1. The highest BCUT2D eigenvalue weighted by Gasteiger charge is 2.48. The molecule has 69 heavy (non-hydrogen) atoms. The molecule has 0 radical (unpaired) electrons. The zero-order chi connectivity index (χ0) is 45.8. The van der Waals surface area contributed by atoms with Gasteiger partial charge in [0.25, 0.3) is 0 Å². The Kier molecular flexibility index (Phi) is 8.74. The Hall–Kier alpha value is -8.26. The highest BCUT2D eigenvalue weighted by molar-refractivity contribution is 6.13. The minimum Gasteiger partial charge on any atom is -0.310 e. The summed E-state index contributed by atoms with van der Waals surface area (Å²) in [6.07, 6.45) is 2.14. The molecule has 11 aromatic carbocycles. The van der Waals surface area contributed by atoms with E-state index in [2.05, 4.69) is 255 Å². The lowest BCUT2D eigenvalue weighted by atomic mass is 9.73. The predicted octanol–water partition coefficient (Wildman–Crippen LogP) is 18.0. The minimum absolute atomic E-state index is 0.118. The Labute approximate surface area is 404 Å². The maximum Gasteiger partial charge on any atom is 0.0470 e. The van der Waals surface area contributed by atoms with E-state index in [9.17, 15) is 0 Å². The van der Waals surface area contributed by atoms with Crippen molar-refractivity contribution in [1.29, 1.82) is 0 Å². The molecule has 0 heterocycles. The van der Waals surface area contributed by atoms with Gasteiger partial charge in [0, 0.05) is 27.9 Å². The molecule has 326 valence electrons. The summed E-state index contributed by atoms with van der Waals surface area (Å²) in [6, 6.07) is 88.9. The van der Waals surface area contributed by atoms with Gasteiger partial charge in [-0.2, -0.15) is 0 Å². The molecule has 0 saturated carbocycles. The van der Waals surface area contributed by atoms with Gasteiger partial charge in [0.2, 0.25) is 0 Å². The van der Waals surface area contributed by atoms with Gasteiger partial charge in [-0.3, -0.25) is 0 Å². The van der Waals surface area contributed by atoms with Crippen LogP contribution < -0.4 is 4.90 Å². The number of aryl methyl sites for hydroxylation is 1. The van der Waals surface area contributed by atoms with Crippen molar-refractivity contribution < 1.29 is 0 Å². The highest BCUT2D eigenvalue weighted by atomic mass is 15.1. The van der Waals surface area contributed by atoms with Crippen molar-refractivity contribution in [2.45, 2.75) is 37.5 Å². The molecule has 0 aromatic heterocycles. The molecule has 1 unspecified atom stereocenters. The summed E-state index contributed by atoms with van der Waals surface area (Å²) in [6.45, 7) is 4.77. The number of fused-ring (bicyclic) bond motifs is 13. The first-order chi connectivity index (χ1) is 34.0. The number of benzene rings is 11. The quantitative estimate of drug-likeness (QED) is 0.150. The standard InChI is InChI=1S/C68H49N/c1-67(2)63-28-13-10-24-57(63)60-26-15-25-59(66(60)67)54-21-7-6-18-51(54)44-30-34-48(35-31-44)69(49-36-32-45(33-37-49)61-42-47-17-3-5-19-52(47)53-20-8-9-22-55(53)61)50-38-39-58-56-23-11-14-29-64(56)68(65(58)43-50)41-40-46-16-4-12-27-62(46)68/h3-39,42-43H,40-41H2,1-2H3. The predicted molar refractivity (Wildman–Crippen MR) is 290 cm³/mol. The fraction of sp³-hybridized carbons (Fsp3) is 0.0882. The molecule has 0 saturated heterocycles. The summed E-state index contributed by atoms with van der Waals surface area (Å²) in [7, 11) is 0. The molecule has 3 aliphatic carbocycles. The molecule has 0 amide bonds. The fourth-order valence-corrected chi connectivity index (χ4v) is 13.0. The largest absolute Gasteiger partial charge is 0.310 e. The van der Waals surface area contributed by atoms with Crippen LogP contribution >= 0.6 is 0 Å². The first kappa shape index (κ1) is 39.9. The molecule has 11 aromatic rings. The molecule has 3 aliphatic rings. The summed E-state index contributed by atoms with van der Waals surface area (Å²) in [5, 5.41) is 5.09. The molecular formula is C68H49N. The van der Waals surface area contributed by atoms with Crippen LogP contribution in [-0.2, 0) is 17.3 Å².